The molecule has 0 spiro atoms. The van der Waals surface area contributed by atoms with Crippen LogP contribution >= 0.6 is 0 Å². The normalized spacial score (nSPS) is 18.6. The number of aliphatic carboxylic acids is 1. The number of aryl methyl sites for hydroxylation is 2. The molecule has 2 amide bonds. The molecular weight excluding hydrogens is 248 g/mol. The van der Waals surface area contributed by atoms with Gasteiger partial charge in [-0.3, -0.25) is 9.48 Å². The summed E-state index contributed by atoms with van der Waals surface area (Å²) in [5.74, 6) is -0.873. The number of amides is 2. The number of carboxylic acids is 1. The first-order valence-electron chi connectivity index (χ1n) is 6.27. The SMILES string of the molecule is Cc1nn(C)cc1NC(=O)N1CCCC1CC(=O)O. The van der Waals surface area contributed by atoms with Crippen molar-refractivity contribution >= 4 is 17.7 Å². The molecule has 0 radical (unpaired) electrons. The topological polar surface area (TPSA) is 87.5 Å². The Hall–Kier alpha value is -2.05. The fourth-order valence-corrected chi connectivity index (χ4v) is 2.43. The standard InChI is InChI=1S/C12H18N4O3/c1-8-10(7-15(2)14-8)13-12(19)16-5-3-4-9(16)6-11(17)18/h7,9H,3-6H2,1-2H3,(H,13,19)(H,17,18). The van der Waals surface area contributed by atoms with E-state index in [9.17, 15) is 9.59 Å². The second-order valence-corrected chi connectivity index (χ2v) is 4.82. The molecule has 1 fully saturated rings. The third-order valence-corrected chi connectivity index (χ3v) is 3.30. The summed E-state index contributed by atoms with van der Waals surface area (Å²) in [5, 5.41) is 15.8. The van der Waals surface area contributed by atoms with E-state index >= 15 is 0 Å². The van der Waals surface area contributed by atoms with Gasteiger partial charge in [-0.1, -0.05) is 0 Å². The third kappa shape index (κ3) is 3.04. The molecule has 7 heteroatoms. The summed E-state index contributed by atoms with van der Waals surface area (Å²) in [6.07, 6.45) is 3.32. The van der Waals surface area contributed by atoms with E-state index in [4.69, 9.17) is 5.11 Å². The lowest BCUT2D eigenvalue weighted by Gasteiger charge is -2.23. The molecule has 0 aliphatic carbocycles. The number of nitrogens with one attached hydrogen (secondary N) is 1. The molecule has 104 valence electrons. The van der Waals surface area contributed by atoms with Crippen molar-refractivity contribution in [2.75, 3.05) is 11.9 Å². The van der Waals surface area contributed by atoms with Crippen LogP contribution < -0.4 is 5.32 Å². The fraction of sp³-hybridized carbons (Fsp3) is 0.583. The number of rotatable bonds is 3. The van der Waals surface area contributed by atoms with Gasteiger partial charge in [-0.2, -0.15) is 5.10 Å². The summed E-state index contributed by atoms with van der Waals surface area (Å²) in [6, 6.07) is -0.464. The van der Waals surface area contributed by atoms with Gasteiger partial charge in [0.15, 0.2) is 0 Å². The molecular formula is C12H18N4O3. The molecule has 2 heterocycles. The number of anilines is 1. The Labute approximate surface area is 111 Å². The number of likely N-dealkylation sites (tertiary alicyclic amines) is 1. The van der Waals surface area contributed by atoms with Crippen molar-refractivity contribution in [1.29, 1.82) is 0 Å². The summed E-state index contributed by atoms with van der Waals surface area (Å²) in [7, 11) is 1.78. The van der Waals surface area contributed by atoms with E-state index in [-0.39, 0.29) is 18.5 Å². The van der Waals surface area contributed by atoms with Crippen molar-refractivity contribution in [3.05, 3.63) is 11.9 Å². The summed E-state index contributed by atoms with van der Waals surface area (Å²) in [6.45, 7) is 2.41. The van der Waals surface area contributed by atoms with E-state index in [1.54, 1.807) is 22.8 Å². The molecule has 1 aliphatic rings. The molecule has 1 aromatic heterocycles. The quantitative estimate of drug-likeness (QED) is 0.860. The van der Waals surface area contributed by atoms with Crippen LogP contribution in [0.5, 0.6) is 0 Å². The first-order valence-corrected chi connectivity index (χ1v) is 6.27. The maximum Gasteiger partial charge on any atom is 0.322 e. The summed E-state index contributed by atoms with van der Waals surface area (Å²) in [4.78, 5) is 24.5. The van der Waals surface area contributed by atoms with Crippen molar-refractivity contribution in [2.24, 2.45) is 7.05 Å². The number of nitrogens with zero attached hydrogens (tertiary/aromatic N) is 3. The lowest BCUT2D eigenvalue weighted by molar-refractivity contribution is -0.137. The smallest absolute Gasteiger partial charge is 0.322 e. The average Bonchev–Trinajstić information content (AvgIpc) is 2.85. The van der Waals surface area contributed by atoms with Crippen molar-refractivity contribution in [2.45, 2.75) is 32.2 Å². The number of carboxylic acid groups (broad SMARTS) is 1. The van der Waals surface area contributed by atoms with Gasteiger partial charge in [0.05, 0.1) is 17.8 Å². The molecule has 0 aromatic carbocycles. The highest BCUT2D eigenvalue weighted by Crippen LogP contribution is 2.22. The molecule has 2 N–H and O–H groups in total. The highest BCUT2D eigenvalue weighted by Gasteiger charge is 2.30. The van der Waals surface area contributed by atoms with Crippen LogP contribution in [0.1, 0.15) is 25.0 Å². The lowest BCUT2D eigenvalue weighted by atomic mass is 10.1. The number of hydrogen-bond acceptors (Lipinski definition) is 3. The Kier molecular flexibility index (Phi) is 3.73. The van der Waals surface area contributed by atoms with Crippen molar-refractivity contribution in [1.82, 2.24) is 14.7 Å². The van der Waals surface area contributed by atoms with E-state index in [0.29, 0.717) is 12.2 Å². The van der Waals surface area contributed by atoms with Crippen LogP contribution in [0.3, 0.4) is 0 Å². The predicted molar refractivity (Wildman–Crippen MR) is 68.9 cm³/mol. The molecule has 1 unspecified atom stereocenters. The molecule has 1 saturated heterocycles. The number of hydrogen-bond donors (Lipinski definition) is 2. The minimum Gasteiger partial charge on any atom is -0.481 e. The van der Waals surface area contributed by atoms with E-state index < -0.39 is 5.97 Å². The molecule has 0 saturated carbocycles. The summed E-state index contributed by atoms with van der Waals surface area (Å²) >= 11 is 0. The van der Waals surface area contributed by atoms with Crippen molar-refractivity contribution < 1.29 is 14.7 Å². The predicted octanol–water partition coefficient (Wildman–Crippen LogP) is 1.20. The zero-order valence-electron chi connectivity index (χ0n) is 11.1. The Morgan fingerprint density at radius 1 is 1.58 bits per heavy atom. The van der Waals surface area contributed by atoms with Gasteiger partial charge in [0.25, 0.3) is 0 Å². The fourth-order valence-electron chi connectivity index (χ4n) is 2.43. The lowest BCUT2D eigenvalue weighted by Crippen LogP contribution is -2.39. The maximum absolute atomic E-state index is 12.2. The van der Waals surface area contributed by atoms with Gasteiger partial charge >= 0.3 is 12.0 Å². The van der Waals surface area contributed by atoms with E-state index in [1.807, 2.05) is 6.92 Å². The molecule has 19 heavy (non-hydrogen) atoms. The molecule has 7 nitrogen and oxygen atoms in total. The van der Waals surface area contributed by atoms with Crippen LogP contribution in [0.2, 0.25) is 0 Å². The van der Waals surface area contributed by atoms with E-state index in [0.717, 1.165) is 18.5 Å². The second kappa shape index (κ2) is 5.29. The van der Waals surface area contributed by atoms with Crippen LogP contribution in [-0.4, -0.2) is 44.4 Å². The zero-order valence-corrected chi connectivity index (χ0v) is 11.1. The van der Waals surface area contributed by atoms with Crippen LogP contribution in [0.15, 0.2) is 6.20 Å². The first kappa shape index (κ1) is 13.4. The molecule has 1 aromatic rings. The highest BCUT2D eigenvalue weighted by atomic mass is 16.4. The third-order valence-electron chi connectivity index (χ3n) is 3.30. The minimum atomic E-state index is -0.873. The zero-order chi connectivity index (χ0) is 14.0. The van der Waals surface area contributed by atoms with E-state index in [1.165, 1.54) is 0 Å². The summed E-state index contributed by atoms with van der Waals surface area (Å²) < 4.78 is 1.63. The number of carbonyl (C=O) groups is 2. The highest BCUT2D eigenvalue weighted by molar-refractivity contribution is 5.90. The summed E-state index contributed by atoms with van der Waals surface area (Å²) in [5.41, 5.74) is 1.40. The maximum atomic E-state index is 12.2. The Bertz CT molecular complexity index is 497. The van der Waals surface area contributed by atoms with Crippen LogP contribution in [0.4, 0.5) is 10.5 Å². The van der Waals surface area contributed by atoms with Gasteiger partial charge in [-0.15, -0.1) is 0 Å². The molecule has 1 aliphatic heterocycles. The molecule has 1 atom stereocenters. The number of urea groups is 1. The van der Waals surface area contributed by atoms with Gasteiger partial charge in [0.1, 0.15) is 0 Å². The van der Waals surface area contributed by atoms with Gasteiger partial charge in [0, 0.05) is 25.8 Å². The monoisotopic (exact) mass is 266 g/mol. The Morgan fingerprint density at radius 2 is 2.32 bits per heavy atom. The first-order chi connectivity index (χ1) is 8.97. The Morgan fingerprint density at radius 3 is 2.89 bits per heavy atom. The average molecular weight is 266 g/mol. The number of aromatic nitrogens is 2. The number of carbonyl (C=O) groups excluding carboxylic acids is 1. The van der Waals surface area contributed by atoms with E-state index in [2.05, 4.69) is 10.4 Å². The van der Waals surface area contributed by atoms with Crippen LogP contribution in [-0.2, 0) is 11.8 Å². The van der Waals surface area contributed by atoms with Gasteiger partial charge in [-0.05, 0) is 19.8 Å². The van der Waals surface area contributed by atoms with Gasteiger partial charge in [0.2, 0.25) is 0 Å². The van der Waals surface area contributed by atoms with Gasteiger partial charge < -0.3 is 15.3 Å². The Balaban J connectivity index is 2.03. The molecule has 2 rings (SSSR count). The van der Waals surface area contributed by atoms with Crippen molar-refractivity contribution in [3.63, 3.8) is 0 Å². The van der Waals surface area contributed by atoms with Crippen LogP contribution in [0, 0.1) is 6.92 Å². The second-order valence-electron chi connectivity index (χ2n) is 4.82. The van der Waals surface area contributed by atoms with Crippen LogP contribution in [0.25, 0.3) is 0 Å². The largest absolute Gasteiger partial charge is 0.481 e. The minimum absolute atomic E-state index is 0.000554. The van der Waals surface area contributed by atoms with Crippen molar-refractivity contribution in [3.8, 4) is 0 Å². The van der Waals surface area contributed by atoms with Gasteiger partial charge in [-0.25, -0.2) is 4.79 Å². The molecule has 0 bridgehead atoms.